The van der Waals surface area contributed by atoms with E-state index in [9.17, 15) is 8.78 Å². The first-order chi connectivity index (χ1) is 5.09. The van der Waals surface area contributed by atoms with Gasteiger partial charge in [0, 0.05) is 12.5 Å². The molecule has 3 heteroatoms. The minimum absolute atomic E-state index is 0.306. The van der Waals surface area contributed by atoms with Crippen molar-refractivity contribution in [3.8, 4) is 0 Å². The van der Waals surface area contributed by atoms with E-state index in [1.807, 2.05) is 14.1 Å². The average molecular weight is 163 g/mol. The highest BCUT2D eigenvalue weighted by molar-refractivity contribution is 4.82. The molecule has 0 radical (unpaired) electrons. The van der Waals surface area contributed by atoms with Gasteiger partial charge in [-0.2, -0.15) is 0 Å². The molecule has 0 heterocycles. The van der Waals surface area contributed by atoms with Crippen molar-refractivity contribution >= 4 is 0 Å². The van der Waals surface area contributed by atoms with Crippen molar-refractivity contribution in [3.05, 3.63) is 0 Å². The van der Waals surface area contributed by atoms with Crippen LogP contribution in [0.4, 0.5) is 8.78 Å². The molecule has 66 valence electrons. The fourth-order valence-electron chi connectivity index (χ4n) is 1.66. The second-order valence-electron chi connectivity index (χ2n) is 3.69. The standard InChI is InChI=1S/C8H15F2N/c1-11(2)5-6-3-7(4-6)8(9)10/h6-8H,3-5H2,1-2H3. The van der Waals surface area contributed by atoms with Crippen molar-refractivity contribution in [1.82, 2.24) is 4.90 Å². The fourth-order valence-corrected chi connectivity index (χ4v) is 1.66. The van der Waals surface area contributed by atoms with E-state index in [2.05, 4.69) is 4.90 Å². The van der Waals surface area contributed by atoms with Crippen LogP contribution in [0.1, 0.15) is 12.8 Å². The van der Waals surface area contributed by atoms with Crippen LogP contribution in [-0.4, -0.2) is 32.0 Å². The van der Waals surface area contributed by atoms with Gasteiger partial charge >= 0.3 is 0 Å². The minimum atomic E-state index is -2.09. The van der Waals surface area contributed by atoms with Crippen LogP contribution < -0.4 is 0 Å². The first-order valence-electron chi connectivity index (χ1n) is 4.02. The second-order valence-corrected chi connectivity index (χ2v) is 3.69. The highest BCUT2D eigenvalue weighted by atomic mass is 19.3. The van der Waals surface area contributed by atoms with Crippen molar-refractivity contribution in [1.29, 1.82) is 0 Å². The van der Waals surface area contributed by atoms with Crippen molar-refractivity contribution < 1.29 is 8.78 Å². The molecule has 1 saturated carbocycles. The third-order valence-corrected chi connectivity index (χ3v) is 2.25. The van der Waals surface area contributed by atoms with Gasteiger partial charge in [0.2, 0.25) is 6.43 Å². The third-order valence-electron chi connectivity index (χ3n) is 2.25. The maximum atomic E-state index is 12.0. The average Bonchev–Trinajstić information content (AvgIpc) is 1.75. The third kappa shape index (κ3) is 2.40. The van der Waals surface area contributed by atoms with Crippen LogP contribution in [0.2, 0.25) is 0 Å². The normalized spacial score (nSPS) is 31.1. The molecule has 1 fully saturated rings. The molecule has 11 heavy (non-hydrogen) atoms. The molecule has 0 aliphatic heterocycles. The van der Waals surface area contributed by atoms with Gasteiger partial charge in [-0.1, -0.05) is 0 Å². The summed E-state index contributed by atoms with van der Waals surface area (Å²) in [6.45, 7) is 0.962. The second kappa shape index (κ2) is 3.48. The van der Waals surface area contributed by atoms with Crippen LogP contribution in [-0.2, 0) is 0 Å². The van der Waals surface area contributed by atoms with Gasteiger partial charge in [0.25, 0.3) is 0 Å². The predicted molar refractivity (Wildman–Crippen MR) is 40.8 cm³/mol. The molecule has 1 nitrogen and oxygen atoms in total. The molecule has 1 rings (SSSR count). The maximum absolute atomic E-state index is 12.0. The van der Waals surface area contributed by atoms with Gasteiger partial charge in [0.15, 0.2) is 0 Å². The zero-order valence-corrected chi connectivity index (χ0v) is 7.06. The first-order valence-corrected chi connectivity index (χ1v) is 4.02. The van der Waals surface area contributed by atoms with E-state index in [-0.39, 0.29) is 5.92 Å². The topological polar surface area (TPSA) is 3.24 Å². The van der Waals surface area contributed by atoms with E-state index in [1.54, 1.807) is 0 Å². The molecular formula is C8H15F2N. The van der Waals surface area contributed by atoms with Gasteiger partial charge in [-0.05, 0) is 32.9 Å². The number of alkyl halides is 2. The van der Waals surface area contributed by atoms with E-state index < -0.39 is 6.43 Å². The molecule has 0 aromatic heterocycles. The summed E-state index contributed by atoms with van der Waals surface area (Å²) in [5, 5.41) is 0. The summed E-state index contributed by atoms with van der Waals surface area (Å²) >= 11 is 0. The van der Waals surface area contributed by atoms with E-state index in [0.29, 0.717) is 5.92 Å². The highest BCUT2D eigenvalue weighted by Gasteiger charge is 2.35. The Morgan fingerprint density at radius 1 is 1.36 bits per heavy atom. The quantitative estimate of drug-likeness (QED) is 0.613. The molecule has 1 aliphatic carbocycles. The Morgan fingerprint density at radius 3 is 2.27 bits per heavy atom. The summed E-state index contributed by atoms with van der Waals surface area (Å²) in [6, 6.07) is 0. The Balaban J connectivity index is 2.09. The Kier molecular flexibility index (Phi) is 2.82. The fraction of sp³-hybridized carbons (Fsp3) is 1.00. The molecule has 0 aromatic rings. The van der Waals surface area contributed by atoms with E-state index in [0.717, 1.165) is 19.4 Å². The van der Waals surface area contributed by atoms with Crippen LogP contribution in [0.15, 0.2) is 0 Å². The Hall–Kier alpha value is -0.180. The highest BCUT2D eigenvalue weighted by Crippen LogP contribution is 2.37. The number of rotatable bonds is 3. The molecule has 0 aromatic carbocycles. The van der Waals surface area contributed by atoms with E-state index in [4.69, 9.17) is 0 Å². The lowest BCUT2D eigenvalue weighted by molar-refractivity contribution is -0.00383. The number of halogens is 2. The summed E-state index contributed by atoms with van der Waals surface area (Å²) in [5.41, 5.74) is 0. The smallest absolute Gasteiger partial charge is 0.241 e. The number of hydrogen-bond donors (Lipinski definition) is 0. The summed E-state index contributed by atoms with van der Waals surface area (Å²) in [7, 11) is 3.96. The van der Waals surface area contributed by atoms with Gasteiger partial charge in [-0.15, -0.1) is 0 Å². The van der Waals surface area contributed by atoms with Crippen LogP contribution in [0.25, 0.3) is 0 Å². The zero-order chi connectivity index (χ0) is 8.43. The molecular weight excluding hydrogens is 148 g/mol. The summed E-state index contributed by atoms with van der Waals surface area (Å²) in [5.74, 6) is 0.212. The zero-order valence-electron chi connectivity index (χ0n) is 7.06. The molecule has 0 spiro atoms. The van der Waals surface area contributed by atoms with Gasteiger partial charge in [0.05, 0.1) is 0 Å². The number of nitrogens with zero attached hydrogens (tertiary/aromatic N) is 1. The van der Waals surface area contributed by atoms with Gasteiger partial charge < -0.3 is 4.90 Å². The largest absolute Gasteiger partial charge is 0.309 e. The number of hydrogen-bond acceptors (Lipinski definition) is 1. The van der Waals surface area contributed by atoms with Crippen LogP contribution in [0.3, 0.4) is 0 Å². The molecule has 0 atom stereocenters. The molecule has 0 N–H and O–H groups in total. The maximum Gasteiger partial charge on any atom is 0.241 e. The van der Waals surface area contributed by atoms with Gasteiger partial charge in [-0.3, -0.25) is 0 Å². The van der Waals surface area contributed by atoms with Crippen molar-refractivity contribution in [2.75, 3.05) is 20.6 Å². The summed E-state index contributed by atoms with van der Waals surface area (Å²) in [6.07, 6.45) is -0.653. The molecule has 1 aliphatic rings. The Morgan fingerprint density at radius 2 is 1.91 bits per heavy atom. The first kappa shape index (κ1) is 8.91. The molecule has 0 saturated heterocycles. The lowest BCUT2D eigenvalue weighted by atomic mass is 9.75. The predicted octanol–water partition coefficient (Wildman–Crippen LogP) is 1.84. The molecule has 0 bridgehead atoms. The minimum Gasteiger partial charge on any atom is -0.309 e. The van der Waals surface area contributed by atoms with E-state index in [1.165, 1.54) is 0 Å². The lowest BCUT2D eigenvalue weighted by Crippen LogP contribution is -2.35. The van der Waals surface area contributed by atoms with Crippen LogP contribution in [0, 0.1) is 11.8 Å². The van der Waals surface area contributed by atoms with E-state index >= 15 is 0 Å². The van der Waals surface area contributed by atoms with Crippen molar-refractivity contribution in [2.24, 2.45) is 11.8 Å². The van der Waals surface area contributed by atoms with Crippen molar-refractivity contribution in [3.63, 3.8) is 0 Å². The monoisotopic (exact) mass is 163 g/mol. The van der Waals surface area contributed by atoms with Gasteiger partial charge in [0.1, 0.15) is 0 Å². The SMILES string of the molecule is CN(C)CC1CC(C(F)F)C1. The summed E-state index contributed by atoms with van der Waals surface area (Å²) < 4.78 is 24.0. The lowest BCUT2D eigenvalue weighted by Gasteiger charge is -2.36. The Labute approximate surface area is 66.4 Å². The van der Waals surface area contributed by atoms with Gasteiger partial charge in [-0.25, -0.2) is 8.78 Å². The summed E-state index contributed by atoms with van der Waals surface area (Å²) in [4.78, 5) is 2.06. The molecule has 0 amide bonds. The molecule has 0 unspecified atom stereocenters. The Bertz CT molecular complexity index is 119. The van der Waals surface area contributed by atoms with Crippen LogP contribution in [0.5, 0.6) is 0 Å². The van der Waals surface area contributed by atoms with Crippen molar-refractivity contribution in [2.45, 2.75) is 19.3 Å². The van der Waals surface area contributed by atoms with Crippen LogP contribution >= 0.6 is 0 Å².